The van der Waals surface area contributed by atoms with E-state index in [-0.39, 0.29) is 23.5 Å². The summed E-state index contributed by atoms with van der Waals surface area (Å²) in [5, 5.41) is 10.2. The Labute approximate surface area is 130 Å². The molecule has 6 nitrogen and oxygen atoms in total. The Balaban J connectivity index is 2.14. The Bertz CT molecular complexity index is 678. The van der Waals surface area contributed by atoms with Crippen molar-refractivity contribution in [2.24, 2.45) is 5.92 Å². The molecular formula is C14H16F3N5O. The summed E-state index contributed by atoms with van der Waals surface area (Å²) in [6, 6.07) is 2.01. The molecule has 0 aliphatic carbocycles. The van der Waals surface area contributed by atoms with E-state index in [9.17, 15) is 18.0 Å². The Kier molecular flexibility index (Phi) is 4.67. The summed E-state index contributed by atoms with van der Waals surface area (Å²) in [4.78, 5) is 15.7. The van der Waals surface area contributed by atoms with Gasteiger partial charge in [0.2, 0.25) is 0 Å². The molecule has 0 saturated heterocycles. The van der Waals surface area contributed by atoms with Crippen molar-refractivity contribution in [3.8, 4) is 5.82 Å². The van der Waals surface area contributed by atoms with Gasteiger partial charge in [0.25, 0.3) is 5.91 Å². The Morgan fingerprint density at radius 3 is 2.48 bits per heavy atom. The number of carbonyl (C=O) groups excluding carboxylic acids is 1. The molecule has 0 saturated carbocycles. The average Bonchev–Trinajstić information content (AvgIpc) is 2.96. The smallest absolute Gasteiger partial charge is 0.348 e. The number of hydrogen-bond acceptors (Lipinski definition) is 4. The summed E-state index contributed by atoms with van der Waals surface area (Å²) in [6.45, 7) is 5.80. The van der Waals surface area contributed by atoms with Gasteiger partial charge in [0.15, 0.2) is 11.5 Å². The Morgan fingerprint density at radius 1 is 1.26 bits per heavy atom. The van der Waals surface area contributed by atoms with E-state index >= 15 is 0 Å². The maximum absolute atomic E-state index is 12.5. The number of hydrogen-bond donors (Lipinski definition) is 1. The van der Waals surface area contributed by atoms with E-state index in [0.29, 0.717) is 6.20 Å². The molecule has 1 amide bonds. The van der Waals surface area contributed by atoms with Gasteiger partial charge in [-0.1, -0.05) is 19.1 Å². The molecule has 2 rings (SSSR count). The van der Waals surface area contributed by atoms with E-state index in [0.717, 1.165) is 16.8 Å². The number of aromatic nitrogens is 4. The van der Waals surface area contributed by atoms with Crippen molar-refractivity contribution in [3.05, 3.63) is 35.8 Å². The standard InChI is InChI=1S/C14H16F3N5O/c1-8(2)9(3)19-13(23)11-7-22(21-20-11)12-5-4-10(6-18-12)14(15,16)17/h4-9H,1-3H3,(H,19,23). The van der Waals surface area contributed by atoms with E-state index in [4.69, 9.17) is 0 Å². The lowest BCUT2D eigenvalue weighted by molar-refractivity contribution is -0.137. The second kappa shape index (κ2) is 6.35. The molecule has 1 atom stereocenters. The molecule has 0 aromatic carbocycles. The predicted octanol–water partition coefficient (Wildman–Crippen LogP) is 2.46. The maximum atomic E-state index is 12.5. The van der Waals surface area contributed by atoms with Crippen molar-refractivity contribution in [3.63, 3.8) is 0 Å². The minimum Gasteiger partial charge on any atom is -0.348 e. The lowest BCUT2D eigenvalue weighted by Crippen LogP contribution is -2.36. The highest BCUT2D eigenvalue weighted by molar-refractivity contribution is 5.92. The molecule has 124 valence electrons. The summed E-state index contributed by atoms with van der Waals surface area (Å²) < 4.78 is 38.6. The number of halogens is 3. The number of rotatable bonds is 4. The monoisotopic (exact) mass is 327 g/mol. The number of carbonyl (C=O) groups is 1. The third-order valence-electron chi connectivity index (χ3n) is 3.39. The van der Waals surface area contributed by atoms with Gasteiger partial charge in [-0.05, 0) is 25.0 Å². The molecule has 2 aromatic rings. The topological polar surface area (TPSA) is 72.7 Å². The predicted molar refractivity (Wildman–Crippen MR) is 75.9 cm³/mol. The van der Waals surface area contributed by atoms with Gasteiger partial charge in [-0.25, -0.2) is 9.67 Å². The summed E-state index contributed by atoms with van der Waals surface area (Å²) in [5.74, 6) is -0.00334. The molecule has 0 fully saturated rings. The lowest BCUT2D eigenvalue weighted by atomic mass is 10.1. The highest BCUT2D eigenvalue weighted by Crippen LogP contribution is 2.28. The fourth-order valence-corrected chi connectivity index (χ4v) is 1.62. The zero-order valence-electron chi connectivity index (χ0n) is 12.8. The quantitative estimate of drug-likeness (QED) is 0.936. The van der Waals surface area contributed by atoms with Gasteiger partial charge in [-0.3, -0.25) is 4.79 Å². The molecule has 0 aliphatic heterocycles. The SMILES string of the molecule is CC(C)C(C)NC(=O)c1cn(-c2ccc(C(F)(F)F)cn2)nn1. The van der Waals surface area contributed by atoms with Crippen LogP contribution in [0.4, 0.5) is 13.2 Å². The van der Waals surface area contributed by atoms with Crippen LogP contribution in [-0.2, 0) is 6.18 Å². The van der Waals surface area contributed by atoms with Crippen LogP contribution < -0.4 is 5.32 Å². The molecule has 0 radical (unpaired) electrons. The molecular weight excluding hydrogens is 311 g/mol. The van der Waals surface area contributed by atoms with Crippen molar-refractivity contribution >= 4 is 5.91 Å². The van der Waals surface area contributed by atoms with Crippen LogP contribution in [0.15, 0.2) is 24.5 Å². The van der Waals surface area contributed by atoms with Gasteiger partial charge in [-0.15, -0.1) is 5.10 Å². The fourth-order valence-electron chi connectivity index (χ4n) is 1.62. The van der Waals surface area contributed by atoms with Crippen molar-refractivity contribution in [1.29, 1.82) is 0 Å². The van der Waals surface area contributed by atoms with Gasteiger partial charge >= 0.3 is 6.18 Å². The Morgan fingerprint density at radius 2 is 1.96 bits per heavy atom. The van der Waals surface area contributed by atoms with Crippen LogP contribution in [0.2, 0.25) is 0 Å². The molecule has 23 heavy (non-hydrogen) atoms. The summed E-state index contributed by atoms with van der Waals surface area (Å²) >= 11 is 0. The van der Waals surface area contributed by atoms with Crippen LogP contribution in [0.5, 0.6) is 0 Å². The highest BCUT2D eigenvalue weighted by Gasteiger charge is 2.30. The fraction of sp³-hybridized carbons (Fsp3) is 0.429. The molecule has 1 N–H and O–H groups in total. The van der Waals surface area contributed by atoms with Crippen molar-refractivity contribution in [2.45, 2.75) is 33.0 Å². The second-order valence-electron chi connectivity index (χ2n) is 5.46. The molecule has 0 aliphatic rings. The largest absolute Gasteiger partial charge is 0.417 e. The normalized spacial score (nSPS) is 13.2. The maximum Gasteiger partial charge on any atom is 0.417 e. The number of amides is 1. The number of alkyl halides is 3. The third-order valence-corrected chi connectivity index (χ3v) is 3.39. The van der Waals surface area contributed by atoms with Gasteiger partial charge in [0.1, 0.15) is 0 Å². The molecule has 1 unspecified atom stereocenters. The van der Waals surface area contributed by atoms with Crippen LogP contribution in [0, 0.1) is 5.92 Å². The van der Waals surface area contributed by atoms with Crippen molar-refractivity contribution in [1.82, 2.24) is 25.3 Å². The first-order chi connectivity index (χ1) is 10.7. The Hall–Kier alpha value is -2.45. The third kappa shape index (κ3) is 4.05. The summed E-state index contributed by atoms with van der Waals surface area (Å²) in [7, 11) is 0. The molecule has 2 aromatic heterocycles. The molecule has 0 spiro atoms. The second-order valence-corrected chi connectivity index (χ2v) is 5.46. The minimum atomic E-state index is -4.45. The van der Waals surface area contributed by atoms with Crippen LogP contribution in [0.25, 0.3) is 5.82 Å². The molecule has 2 heterocycles. The van der Waals surface area contributed by atoms with Crippen molar-refractivity contribution in [2.75, 3.05) is 0 Å². The molecule has 0 bridgehead atoms. The van der Waals surface area contributed by atoms with Crippen molar-refractivity contribution < 1.29 is 18.0 Å². The first-order valence-corrected chi connectivity index (χ1v) is 6.95. The van der Waals surface area contributed by atoms with Gasteiger partial charge < -0.3 is 5.32 Å². The number of nitrogens with zero attached hydrogens (tertiary/aromatic N) is 4. The van der Waals surface area contributed by atoms with Gasteiger partial charge in [-0.2, -0.15) is 13.2 Å². The first-order valence-electron chi connectivity index (χ1n) is 6.95. The van der Waals surface area contributed by atoms with Crippen LogP contribution in [-0.4, -0.2) is 31.9 Å². The number of pyridine rings is 1. The number of nitrogens with one attached hydrogen (secondary N) is 1. The van der Waals surface area contributed by atoms with Crippen LogP contribution in [0.3, 0.4) is 0 Å². The highest BCUT2D eigenvalue weighted by atomic mass is 19.4. The van der Waals surface area contributed by atoms with E-state index in [1.54, 1.807) is 0 Å². The summed E-state index contributed by atoms with van der Waals surface area (Å²) in [6.07, 6.45) is -2.43. The van der Waals surface area contributed by atoms with E-state index in [1.807, 2.05) is 20.8 Å². The lowest BCUT2D eigenvalue weighted by Gasteiger charge is -2.16. The van der Waals surface area contributed by atoms with E-state index in [2.05, 4.69) is 20.6 Å². The van der Waals surface area contributed by atoms with E-state index in [1.165, 1.54) is 6.20 Å². The average molecular weight is 327 g/mol. The van der Waals surface area contributed by atoms with Crippen LogP contribution in [0.1, 0.15) is 36.8 Å². The zero-order chi connectivity index (χ0) is 17.2. The van der Waals surface area contributed by atoms with Crippen LogP contribution >= 0.6 is 0 Å². The zero-order valence-corrected chi connectivity index (χ0v) is 12.8. The van der Waals surface area contributed by atoms with E-state index < -0.39 is 17.6 Å². The van der Waals surface area contributed by atoms with Gasteiger partial charge in [0.05, 0.1) is 11.8 Å². The summed E-state index contributed by atoms with van der Waals surface area (Å²) in [5.41, 5.74) is -0.788. The molecule has 9 heteroatoms. The first kappa shape index (κ1) is 16.9. The minimum absolute atomic E-state index is 0.0446. The van der Waals surface area contributed by atoms with Gasteiger partial charge in [0, 0.05) is 12.2 Å².